The summed E-state index contributed by atoms with van der Waals surface area (Å²) in [5, 5.41) is 12.2. The van der Waals surface area contributed by atoms with Crippen LogP contribution in [0, 0.1) is 5.92 Å². The molecule has 1 amide bonds. The van der Waals surface area contributed by atoms with Gasteiger partial charge in [-0.1, -0.05) is 38.1 Å². The van der Waals surface area contributed by atoms with Crippen LogP contribution in [-0.2, 0) is 17.9 Å². The molecule has 162 valence electrons. The van der Waals surface area contributed by atoms with Gasteiger partial charge in [0.25, 0.3) is 0 Å². The Morgan fingerprint density at radius 2 is 1.83 bits per heavy atom. The monoisotopic (exact) mass is 429 g/mol. The summed E-state index contributed by atoms with van der Waals surface area (Å²) in [6.45, 7) is 8.87. The molecule has 30 heavy (non-hydrogen) atoms. The number of halogens is 1. The fraction of sp³-hybridized carbons (Fsp3) is 0.609. The van der Waals surface area contributed by atoms with Crippen LogP contribution in [0.4, 0.5) is 0 Å². The Labute approximate surface area is 184 Å². The van der Waals surface area contributed by atoms with Crippen molar-refractivity contribution in [2.24, 2.45) is 5.92 Å². The van der Waals surface area contributed by atoms with Gasteiger partial charge in [-0.3, -0.25) is 4.79 Å². The molecule has 2 atom stereocenters. The van der Waals surface area contributed by atoms with Gasteiger partial charge < -0.3 is 14.8 Å². The standard InChI is InChI=1S/C23H31N5O.ClH/c1-15(2)16-3-5-17(6-4-16)19-13-20(19)23(29)27-10-7-18(8-11-27)22-26-25-21-14-24-9-12-28(21)22;/h3-6,15,18-20,24H,7-14H2,1-2H3;1H. The summed E-state index contributed by atoms with van der Waals surface area (Å²) in [5.74, 6) is 4.11. The lowest BCUT2D eigenvalue weighted by Crippen LogP contribution is -2.39. The van der Waals surface area contributed by atoms with Crippen molar-refractivity contribution in [1.29, 1.82) is 0 Å². The zero-order valence-electron chi connectivity index (χ0n) is 17.9. The highest BCUT2D eigenvalue weighted by atomic mass is 35.5. The number of carbonyl (C=O) groups is 1. The first-order valence-electron chi connectivity index (χ1n) is 11.1. The maximum absolute atomic E-state index is 13.0. The number of nitrogens with one attached hydrogen (secondary N) is 1. The minimum atomic E-state index is 0. The average molecular weight is 430 g/mol. The van der Waals surface area contributed by atoms with Gasteiger partial charge in [-0.15, -0.1) is 22.6 Å². The Balaban J connectivity index is 0.00000218. The van der Waals surface area contributed by atoms with Gasteiger partial charge in [-0.25, -0.2) is 0 Å². The quantitative estimate of drug-likeness (QED) is 0.808. The van der Waals surface area contributed by atoms with E-state index in [-0.39, 0.29) is 18.3 Å². The summed E-state index contributed by atoms with van der Waals surface area (Å²) >= 11 is 0. The largest absolute Gasteiger partial charge is 0.342 e. The van der Waals surface area contributed by atoms with E-state index in [0.717, 1.165) is 63.6 Å². The Bertz CT molecular complexity index is 885. The molecule has 7 heteroatoms. The summed E-state index contributed by atoms with van der Waals surface area (Å²) in [4.78, 5) is 15.1. The van der Waals surface area contributed by atoms with Gasteiger partial charge >= 0.3 is 0 Å². The van der Waals surface area contributed by atoms with Crippen LogP contribution in [0.1, 0.15) is 73.6 Å². The van der Waals surface area contributed by atoms with Crippen LogP contribution in [0.25, 0.3) is 0 Å². The van der Waals surface area contributed by atoms with Crippen molar-refractivity contribution in [2.75, 3.05) is 19.6 Å². The maximum Gasteiger partial charge on any atom is 0.226 e. The first-order chi connectivity index (χ1) is 14.1. The first kappa shape index (κ1) is 21.3. The Morgan fingerprint density at radius 1 is 1.10 bits per heavy atom. The highest BCUT2D eigenvalue weighted by molar-refractivity contribution is 5.85. The zero-order valence-corrected chi connectivity index (χ0v) is 18.7. The molecule has 1 aromatic carbocycles. The molecule has 2 aromatic rings. The summed E-state index contributed by atoms with van der Waals surface area (Å²) in [5.41, 5.74) is 2.69. The third kappa shape index (κ3) is 4.00. The SMILES string of the molecule is CC(C)c1ccc(C2CC2C(=O)N2CCC(c3nnc4n3CCNC4)CC2)cc1.Cl. The molecule has 1 N–H and O–H groups in total. The molecule has 2 unspecified atom stereocenters. The number of likely N-dealkylation sites (tertiary alicyclic amines) is 1. The Hall–Kier alpha value is -1.92. The van der Waals surface area contributed by atoms with E-state index in [0.29, 0.717) is 23.7 Å². The molecule has 5 rings (SSSR count). The van der Waals surface area contributed by atoms with Crippen LogP contribution in [0.3, 0.4) is 0 Å². The topological polar surface area (TPSA) is 63.1 Å². The van der Waals surface area contributed by atoms with Gasteiger partial charge in [0, 0.05) is 38.0 Å². The smallest absolute Gasteiger partial charge is 0.226 e. The second-order valence-electron chi connectivity index (χ2n) is 9.17. The van der Waals surface area contributed by atoms with Crippen molar-refractivity contribution in [2.45, 2.75) is 64.0 Å². The molecule has 0 radical (unpaired) electrons. The van der Waals surface area contributed by atoms with E-state index in [1.807, 2.05) is 0 Å². The summed E-state index contributed by atoms with van der Waals surface area (Å²) in [6.07, 6.45) is 3.00. The van der Waals surface area contributed by atoms with Gasteiger partial charge in [0.15, 0.2) is 0 Å². The van der Waals surface area contributed by atoms with Crippen LogP contribution >= 0.6 is 12.4 Å². The number of amides is 1. The highest BCUT2D eigenvalue weighted by Gasteiger charge is 2.46. The van der Waals surface area contributed by atoms with E-state index in [2.05, 4.69) is 63.1 Å². The molecule has 1 aromatic heterocycles. The Morgan fingerprint density at radius 3 is 2.53 bits per heavy atom. The van der Waals surface area contributed by atoms with E-state index in [9.17, 15) is 4.79 Å². The van der Waals surface area contributed by atoms with E-state index in [4.69, 9.17) is 0 Å². The van der Waals surface area contributed by atoms with E-state index >= 15 is 0 Å². The van der Waals surface area contributed by atoms with Crippen molar-refractivity contribution in [3.05, 3.63) is 47.0 Å². The molecule has 6 nitrogen and oxygen atoms in total. The van der Waals surface area contributed by atoms with Crippen molar-refractivity contribution >= 4 is 18.3 Å². The second-order valence-corrected chi connectivity index (χ2v) is 9.17. The zero-order chi connectivity index (χ0) is 20.0. The number of aromatic nitrogens is 3. The van der Waals surface area contributed by atoms with Gasteiger partial charge in [0.05, 0.1) is 6.54 Å². The minimum Gasteiger partial charge on any atom is -0.342 e. The summed E-state index contributed by atoms with van der Waals surface area (Å²) < 4.78 is 2.29. The molecule has 1 saturated heterocycles. The van der Waals surface area contributed by atoms with Gasteiger partial charge in [0.2, 0.25) is 5.91 Å². The van der Waals surface area contributed by atoms with Gasteiger partial charge in [-0.05, 0) is 42.2 Å². The maximum atomic E-state index is 13.0. The number of piperidine rings is 1. The predicted molar refractivity (Wildman–Crippen MR) is 119 cm³/mol. The third-order valence-corrected chi connectivity index (χ3v) is 6.96. The number of fused-ring (bicyclic) bond motifs is 1. The molecular formula is C23H32ClN5O. The summed E-state index contributed by atoms with van der Waals surface area (Å²) in [6, 6.07) is 8.89. The van der Waals surface area contributed by atoms with Crippen molar-refractivity contribution in [3.8, 4) is 0 Å². The average Bonchev–Trinajstić information content (AvgIpc) is 3.45. The molecule has 3 heterocycles. The number of hydrogen-bond acceptors (Lipinski definition) is 4. The predicted octanol–water partition coefficient (Wildman–Crippen LogP) is 3.44. The highest BCUT2D eigenvalue weighted by Crippen LogP contribution is 2.49. The molecule has 2 fully saturated rings. The lowest BCUT2D eigenvalue weighted by atomic mass is 9.95. The van der Waals surface area contributed by atoms with E-state index < -0.39 is 0 Å². The van der Waals surface area contributed by atoms with Crippen LogP contribution in [0.2, 0.25) is 0 Å². The van der Waals surface area contributed by atoms with Crippen molar-refractivity contribution < 1.29 is 4.79 Å². The molecule has 1 aliphatic carbocycles. The minimum absolute atomic E-state index is 0. The third-order valence-electron chi connectivity index (χ3n) is 6.96. The lowest BCUT2D eigenvalue weighted by Gasteiger charge is -2.32. The number of rotatable bonds is 4. The van der Waals surface area contributed by atoms with E-state index in [1.165, 1.54) is 11.1 Å². The number of hydrogen-bond donors (Lipinski definition) is 1. The molecule has 2 aliphatic heterocycles. The van der Waals surface area contributed by atoms with Crippen LogP contribution in [-0.4, -0.2) is 45.2 Å². The normalized spacial score (nSPS) is 23.8. The summed E-state index contributed by atoms with van der Waals surface area (Å²) in [7, 11) is 0. The van der Waals surface area contributed by atoms with E-state index in [1.54, 1.807) is 0 Å². The molecule has 3 aliphatic rings. The molecule has 1 saturated carbocycles. The number of nitrogens with zero attached hydrogens (tertiary/aromatic N) is 4. The van der Waals surface area contributed by atoms with Crippen LogP contribution < -0.4 is 5.32 Å². The molecule has 0 spiro atoms. The number of benzene rings is 1. The van der Waals surface area contributed by atoms with Crippen LogP contribution in [0.5, 0.6) is 0 Å². The molecule has 0 bridgehead atoms. The first-order valence-corrected chi connectivity index (χ1v) is 11.1. The van der Waals surface area contributed by atoms with Gasteiger partial charge in [-0.2, -0.15) is 0 Å². The Kier molecular flexibility index (Phi) is 6.16. The fourth-order valence-electron chi connectivity index (χ4n) is 4.97. The van der Waals surface area contributed by atoms with Crippen molar-refractivity contribution in [3.63, 3.8) is 0 Å². The lowest BCUT2D eigenvalue weighted by molar-refractivity contribution is -0.133. The fourth-order valence-corrected chi connectivity index (χ4v) is 4.97. The molecular weight excluding hydrogens is 398 g/mol. The second kappa shape index (κ2) is 8.67. The van der Waals surface area contributed by atoms with Crippen molar-refractivity contribution in [1.82, 2.24) is 25.0 Å². The van der Waals surface area contributed by atoms with Gasteiger partial charge in [0.1, 0.15) is 11.6 Å². The number of carbonyl (C=O) groups excluding carboxylic acids is 1. The van der Waals surface area contributed by atoms with Crippen LogP contribution in [0.15, 0.2) is 24.3 Å².